The summed E-state index contributed by atoms with van der Waals surface area (Å²) in [5, 5.41) is 3.55. The molecule has 0 aliphatic heterocycles. The number of nitrogens with zero attached hydrogens (tertiary/aromatic N) is 4. The predicted molar refractivity (Wildman–Crippen MR) is 79.0 cm³/mol. The lowest BCUT2D eigenvalue weighted by atomic mass is 10.3. The Kier molecular flexibility index (Phi) is 3.37. The van der Waals surface area contributed by atoms with Crippen molar-refractivity contribution in [2.24, 2.45) is 5.11 Å². The summed E-state index contributed by atoms with van der Waals surface area (Å²) in [6.07, 6.45) is 0. The molecule has 1 heterocycles. The fraction of sp³-hybridized carbons (Fsp3) is 0. The van der Waals surface area contributed by atoms with E-state index in [0.29, 0.717) is 5.69 Å². The smallest absolute Gasteiger partial charge is 0.155 e. The van der Waals surface area contributed by atoms with Gasteiger partial charge in [-0.2, -0.15) is 0 Å². The number of hydrogen-bond acceptors (Lipinski definition) is 4. The highest BCUT2D eigenvalue weighted by Gasteiger charge is 2.04. The zero-order valence-electron chi connectivity index (χ0n) is 9.72. The van der Waals surface area contributed by atoms with Gasteiger partial charge in [-0.1, -0.05) is 41.1 Å². The maximum atomic E-state index is 8.35. The normalized spacial score (nSPS) is 10.3. The number of azide groups is 1. The van der Waals surface area contributed by atoms with E-state index in [9.17, 15) is 0 Å². The van der Waals surface area contributed by atoms with E-state index in [-0.39, 0.29) is 0 Å². The lowest BCUT2D eigenvalue weighted by Crippen LogP contribution is -1.71. The molecule has 0 fully saturated rings. The van der Waals surface area contributed by atoms with Crippen molar-refractivity contribution in [3.8, 4) is 0 Å². The van der Waals surface area contributed by atoms with Crippen molar-refractivity contribution in [1.82, 2.24) is 4.98 Å². The molecule has 0 atom stereocenters. The molecule has 0 saturated heterocycles. The maximum absolute atomic E-state index is 8.35. The highest BCUT2D eigenvalue weighted by atomic mass is 32.2. The van der Waals surface area contributed by atoms with Crippen molar-refractivity contribution in [2.45, 2.75) is 9.24 Å². The van der Waals surface area contributed by atoms with Crippen LogP contribution in [0.15, 0.2) is 62.9 Å². The molecule has 92 valence electrons. The molecule has 3 aromatic rings. The average Bonchev–Trinajstić information content (AvgIpc) is 2.83. The largest absolute Gasteiger partial charge is 0.229 e. The molecule has 0 N–H and O–H groups in total. The Morgan fingerprint density at radius 1 is 1.11 bits per heavy atom. The van der Waals surface area contributed by atoms with Crippen molar-refractivity contribution < 1.29 is 0 Å². The van der Waals surface area contributed by atoms with Crippen LogP contribution in [0, 0.1) is 0 Å². The van der Waals surface area contributed by atoms with Crippen LogP contribution in [0.3, 0.4) is 0 Å². The fourth-order valence-electron chi connectivity index (χ4n) is 1.63. The van der Waals surface area contributed by atoms with Gasteiger partial charge in [-0.3, -0.25) is 0 Å². The number of aromatic nitrogens is 1. The van der Waals surface area contributed by atoms with Crippen LogP contribution in [-0.4, -0.2) is 4.98 Å². The lowest BCUT2D eigenvalue weighted by molar-refractivity contribution is 1.29. The maximum Gasteiger partial charge on any atom is 0.155 e. The van der Waals surface area contributed by atoms with Crippen LogP contribution in [0.25, 0.3) is 20.7 Å². The van der Waals surface area contributed by atoms with Crippen LogP contribution in [0.4, 0.5) is 5.69 Å². The van der Waals surface area contributed by atoms with Crippen molar-refractivity contribution in [1.29, 1.82) is 0 Å². The van der Waals surface area contributed by atoms with Crippen LogP contribution in [0.5, 0.6) is 0 Å². The molecule has 0 amide bonds. The molecular weight excluding hydrogens is 276 g/mol. The Morgan fingerprint density at radius 2 is 1.89 bits per heavy atom. The molecule has 19 heavy (non-hydrogen) atoms. The van der Waals surface area contributed by atoms with Crippen molar-refractivity contribution >= 4 is 39.0 Å². The third-order valence-corrected chi connectivity index (χ3v) is 4.58. The van der Waals surface area contributed by atoms with Gasteiger partial charge < -0.3 is 0 Å². The second-order valence-electron chi connectivity index (χ2n) is 3.73. The van der Waals surface area contributed by atoms with Crippen molar-refractivity contribution in [2.75, 3.05) is 0 Å². The lowest BCUT2D eigenvalue weighted by Gasteiger charge is -1.97. The number of hydrogen-bond donors (Lipinski definition) is 0. The topological polar surface area (TPSA) is 61.7 Å². The number of fused-ring (bicyclic) bond motifs is 1. The van der Waals surface area contributed by atoms with Gasteiger partial charge in [0.1, 0.15) is 0 Å². The molecule has 0 aliphatic rings. The minimum atomic E-state index is 0.621. The van der Waals surface area contributed by atoms with Gasteiger partial charge >= 0.3 is 0 Å². The van der Waals surface area contributed by atoms with Crippen LogP contribution in [0.2, 0.25) is 0 Å². The fourth-order valence-corrected chi connectivity index (χ4v) is 3.67. The summed E-state index contributed by atoms with van der Waals surface area (Å²) in [5.74, 6) is 0. The zero-order valence-corrected chi connectivity index (χ0v) is 11.4. The third kappa shape index (κ3) is 2.71. The first-order valence-corrected chi connectivity index (χ1v) is 7.17. The Morgan fingerprint density at radius 3 is 2.63 bits per heavy atom. The summed E-state index contributed by atoms with van der Waals surface area (Å²) in [6, 6.07) is 15.6. The van der Waals surface area contributed by atoms with E-state index in [2.05, 4.69) is 21.1 Å². The van der Waals surface area contributed by atoms with E-state index >= 15 is 0 Å². The number of rotatable bonds is 3. The minimum absolute atomic E-state index is 0.621. The van der Waals surface area contributed by atoms with E-state index in [4.69, 9.17) is 5.53 Å². The van der Waals surface area contributed by atoms with Gasteiger partial charge in [0, 0.05) is 15.5 Å². The highest BCUT2D eigenvalue weighted by Crippen LogP contribution is 2.34. The number of benzene rings is 2. The van der Waals surface area contributed by atoms with E-state index in [1.165, 1.54) is 4.70 Å². The monoisotopic (exact) mass is 284 g/mol. The van der Waals surface area contributed by atoms with E-state index < -0.39 is 0 Å². The molecule has 2 aromatic carbocycles. The quantitative estimate of drug-likeness (QED) is 0.368. The average molecular weight is 284 g/mol. The van der Waals surface area contributed by atoms with Crippen LogP contribution >= 0.6 is 23.1 Å². The Balaban J connectivity index is 1.85. The summed E-state index contributed by atoms with van der Waals surface area (Å²) in [4.78, 5) is 8.40. The van der Waals surface area contributed by atoms with Crippen LogP contribution < -0.4 is 0 Å². The first-order chi connectivity index (χ1) is 9.35. The number of para-hydroxylation sites is 1. The molecule has 4 nitrogen and oxygen atoms in total. The minimum Gasteiger partial charge on any atom is -0.229 e. The second kappa shape index (κ2) is 5.32. The molecule has 0 bridgehead atoms. The Hall–Kier alpha value is -2.01. The van der Waals surface area contributed by atoms with Gasteiger partial charge in [0.15, 0.2) is 4.34 Å². The predicted octanol–water partition coefficient (Wildman–Crippen LogP) is 5.39. The van der Waals surface area contributed by atoms with E-state index in [1.807, 2.05) is 30.3 Å². The summed E-state index contributed by atoms with van der Waals surface area (Å²) >= 11 is 3.29. The summed E-state index contributed by atoms with van der Waals surface area (Å²) in [7, 11) is 0. The molecule has 0 aliphatic carbocycles. The number of thiazole rings is 1. The standard InChI is InChI=1S/C13H8N4S2/c14-17-16-9-5-7-10(8-6-9)18-13-15-11-3-1-2-4-12(11)19-13/h1-8H. The molecule has 0 radical (unpaired) electrons. The zero-order chi connectivity index (χ0) is 13.1. The summed E-state index contributed by atoms with van der Waals surface area (Å²) in [6.45, 7) is 0. The van der Waals surface area contributed by atoms with Crippen LogP contribution in [-0.2, 0) is 0 Å². The molecule has 6 heteroatoms. The van der Waals surface area contributed by atoms with Crippen molar-refractivity contribution in [3.63, 3.8) is 0 Å². The first kappa shape index (κ1) is 12.0. The van der Waals surface area contributed by atoms with Gasteiger partial charge in [-0.15, -0.1) is 11.3 Å². The molecule has 0 unspecified atom stereocenters. The first-order valence-electron chi connectivity index (χ1n) is 5.54. The van der Waals surface area contributed by atoms with Gasteiger partial charge in [0.2, 0.25) is 0 Å². The molecule has 3 rings (SSSR count). The summed E-state index contributed by atoms with van der Waals surface area (Å²) < 4.78 is 2.20. The van der Waals surface area contributed by atoms with Crippen LogP contribution in [0.1, 0.15) is 0 Å². The van der Waals surface area contributed by atoms with Gasteiger partial charge in [0.05, 0.1) is 10.2 Å². The van der Waals surface area contributed by atoms with Gasteiger partial charge in [-0.05, 0) is 29.8 Å². The van der Waals surface area contributed by atoms with E-state index in [0.717, 1.165) is 14.8 Å². The molecule has 0 spiro atoms. The van der Waals surface area contributed by atoms with Crippen molar-refractivity contribution in [3.05, 3.63) is 59.0 Å². The third-order valence-electron chi connectivity index (χ3n) is 2.48. The Labute approximate surface area is 117 Å². The summed E-state index contributed by atoms with van der Waals surface area (Å²) in [5.41, 5.74) is 10.00. The SMILES string of the molecule is [N-]=[N+]=Nc1ccc(Sc2nc3ccccc3s2)cc1. The highest BCUT2D eigenvalue weighted by molar-refractivity contribution is 8.01. The molecular formula is C13H8N4S2. The molecule has 0 saturated carbocycles. The Bertz CT molecular complexity index is 725. The van der Waals surface area contributed by atoms with Gasteiger partial charge in [0.25, 0.3) is 0 Å². The molecule has 1 aromatic heterocycles. The second-order valence-corrected chi connectivity index (χ2v) is 6.08. The van der Waals surface area contributed by atoms with E-state index in [1.54, 1.807) is 35.2 Å². The van der Waals surface area contributed by atoms with Gasteiger partial charge in [-0.25, -0.2) is 4.98 Å².